The van der Waals surface area contributed by atoms with Crippen molar-refractivity contribution in [3.63, 3.8) is 0 Å². The van der Waals surface area contributed by atoms with Crippen LogP contribution in [0.1, 0.15) is 104 Å². The highest BCUT2D eigenvalue weighted by atomic mass is 32.2. The van der Waals surface area contributed by atoms with Crippen LogP contribution < -0.4 is 5.32 Å². The summed E-state index contributed by atoms with van der Waals surface area (Å²) in [5.41, 5.74) is 0. The van der Waals surface area contributed by atoms with Gasteiger partial charge in [0, 0.05) is 6.04 Å². The van der Waals surface area contributed by atoms with Crippen molar-refractivity contribution in [2.75, 3.05) is 12.3 Å². The van der Waals surface area contributed by atoms with Crippen molar-refractivity contribution in [2.45, 2.75) is 110 Å². The maximum Gasteiger partial charge on any atom is 0.264 e. The third-order valence-electron chi connectivity index (χ3n) is 4.56. The molecule has 2 N–H and O–H groups in total. The van der Waals surface area contributed by atoms with Crippen LogP contribution >= 0.6 is 0 Å². The summed E-state index contributed by atoms with van der Waals surface area (Å²) in [6, 6.07) is 0.495. The van der Waals surface area contributed by atoms with E-state index in [1.807, 2.05) is 0 Å². The summed E-state index contributed by atoms with van der Waals surface area (Å²) in [5.74, 6) is -0.123. The van der Waals surface area contributed by atoms with Gasteiger partial charge in [-0.1, -0.05) is 77.6 Å². The highest BCUT2D eigenvalue weighted by molar-refractivity contribution is 7.85. The Hall–Kier alpha value is -0.130. The lowest BCUT2D eigenvalue weighted by molar-refractivity contribution is 0.464. The Labute approximate surface area is 150 Å². The van der Waals surface area contributed by atoms with E-state index in [1.165, 1.54) is 77.0 Å². The molecule has 0 aromatic heterocycles. The first-order valence-electron chi connectivity index (χ1n) is 10.1. The summed E-state index contributed by atoms with van der Waals surface area (Å²) >= 11 is 0. The average Bonchev–Trinajstić information content (AvgIpc) is 2.51. The van der Waals surface area contributed by atoms with Gasteiger partial charge in [0.1, 0.15) is 0 Å². The van der Waals surface area contributed by atoms with Crippen molar-refractivity contribution in [3.05, 3.63) is 0 Å². The van der Waals surface area contributed by atoms with Gasteiger partial charge >= 0.3 is 0 Å². The quantitative estimate of drug-likeness (QED) is 0.255. The Morgan fingerprint density at radius 3 is 1.79 bits per heavy atom. The minimum atomic E-state index is -3.79. The van der Waals surface area contributed by atoms with Crippen molar-refractivity contribution in [1.82, 2.24) is 5.32 Å². The van der Waals surface area contributed by atoms with Crippen LogP contribution in [0.4, 0.5) is 0 Å². The van der Waals surface area contributed by atoms with Crippen molar-refractivity contribution in [3.8, 4) is 0 Å². The van der Waals surface area contributed by atoms with E-state index in [1.54, 1.807) is 0 Å². The van der Waals surface area contributed by atoms with Gasteiger partial charge in [0.2, 0.25) is 0 Å². The summed E-state index contributed by atoms with van der Waals surface area (Å²) in [7, 11) is -3.79. The summed E-state index contributed by atoms with van der Waals surface area (Å²) < 4.78 is 29.8. The van der Waals surface area contributed by atoms with Crippen LogP contribution in [0.25, 0.3) is 0 Å². The lowest BCUT2D eigenvalue weighted by atomic mass is 10.0. The topological polar surface area (TPSA) is 66.4 Å². The first-order valence-corrected chi connectivity index (χ1v) is 11.7. The third-order valence-corrected chi connectivity index (χ3v) is 5.37. The molecule has 146 valence electrons. The molecule has 0 heterocycles. The van der Waals surface area contributed by atoms with Crippen LogP contribution in [0.2, 0.25) is 0 Å². The molecular weight excluding hydrogens is 322 g/mol. The molecule has 0 amide bonds. The van der Waals surface area contributed by atoms with Gasteiger partial charge in [0.05, 0.1) is 5.75 Å². The monoisotopic (exact) mass is 363 g/mol. The zero-order valence-electron chi connectivity index (χ0n) is 16.1. The number of rotatable bonds is 18. The van der Waals surface area contributed by atoms with Crippen LogP contribution in [0.5, 0.6) is 0 Å². The number of unbranched alkanes of at least 4 members (excludes halogenated alkanes) is 11. The predicted octanol–water partition coefficient (Wildman–Crippen LogP) is 5.33. The largest absolute Gasteiger partial charge is 0.314 e. The first kappa shape index (κ1) is 23.9. The van der Waals surface area contributed by atoms with Gasteiger partial charge in [-0.05, 0) is 32.7 Å². The van der Waals surface area contributed by atoms with Crippen molar-refractivity contribution in [1.29, 1.82) is 0 Å². The maximum absolute atomic E-state index is 10.6. The minimum absolute atomic E-state index is 0.123. The van der Waals surface area contributed by atoms with Gasteiger partial charge in [0.15, 0.2) is 0 Å². The summed E-state index contributed by atoms with van der Waals surface area (Å²) in [6.45, 7) is 5.29. The van der Waals surface area contributed by atoms with E-state index in [9.17, 15) is 8.42 Å². The normalized spacial score (nSPS) is 13.3. The second-order valence-electron chi connectivity index (χ2n) is 7.17. The van der Waals surface area contributed by atoms with E-state index in [0.717, 1.165) is 13.0 Å². The van der Waals surface area contributed by atoms with Gasteiger partial charge in [-0.3, -0.25) is 4.55 Å². The highest BCUT2D eigenvalue weighted by Crippen LogP contribution is 2.12. The summed E-state index contributed by atoms with van der Waals surface area (Å²) in [5, 5.41) is 3.43. The molecule has 0 radical (unpaired) electrons. The molecule has 0 aliphatic heterocycles. The van der Waals surface area contributed by atoms with E-state index < -0.39 is 10.1 Å². The Bertz CT molecular complexity index is 358. The highest BCUT2D eigenvalue weighted by Gasteiger charge is 2.04. The van der Waals surface area contributed by atoms with Crippen molar-refractivity contribution >= 4 is 10.1 Å². The number of hydrogen-bond donors (Lipinski definition) is 2. The smallest absolute Gasteiger partial charge is 0.264 e. The average molecular weight is 364 g/mol. The molecular formula is C19H41NO3S. The van der Waals surface area contributed by atoms with Gasteiger partial charge in [-0.15, -0.1) is 0 Å². The lowest BCUT2D eigenvalue weighted by Gasteiger charge is -2.13. The molecule has 0 saturated heterocycles. The molecule has 0 aliphatic rings. The van der Waals surface area contributed by atoms with Gasteiger partial charge < -0.3 is 5.32 Å². The van der Waals surface area contributed by atoms with Crippen LogP contribution in [-0.4, -0.2) is 31.3 Å². The van der Waals surface area contributed by atoms with Crippen molar-refractivity contribution < 1.29 is 13.0 Å². The number of nitrogens with one attached hydrogen (secondary N) is 1. The van der Waals surface area contributed by atoms with E-state index in [4.69, 9.17) is 4.55 Å². The Kier molecular flexibility index (Phi) is 16.3. The molecule has 0 aliphatic carbocycles. The third kappa shape index (κ3) is 19.9. The molecule has 1 unspecified atom stereocenters. The molecule has 0 bridgehead atoms. The fraction of sp³-hybridized carbons (Fsp3) is 1.00. The van der Waals surface area contributed by atoms with E-state index >= 15 is 0 Å². The molecule has 0 aromatic carbocycles. The maximum atomic E-state index is 10.6. The zero-order chi connectivity index (χ0) is 18.1. The zero-order valence-corrected chi connectivity index (χ0v) is 16.9. The van der Waals surface area contributed by atoms with Crippen LogP contribution in [0.3, 0.4) is 0 Å². The molecule has 1 atom stereocenters. The fourth-order valence-corrected chi connectivity index (χ4v) is 3.54. The second-order valence-corrected chi connectivity index (χ2v) is 8.74. The summed E-state index contributed by atoms with van der Waals surface area (Å²) in [4.78, 5) is 0. The van der Waals surface area contributed by atoms with Crippen LogP contribution in [-0.2, 0) is 10.1 Å². The van der Waals surface area contributed by atoms with Gasteiger partial charge in [-0.25, -0.2) is 0 Å². The molecule has 4 nitrogen and oxygen atoms in total. The van der Waals surface area contributed by atoms with E-state index in [-0.39, 0.29) is 5.75 Å². The van der Waals surface area contributed by atoms with Gasteiger partial charge in [0.25, 0.3) is 10.1 Å². The van der Waals surface area contributed by atoms with E-state index in [2.05, 4.69) is 19.2 Å². The predicted molar refractivity (Wildman–Crippen MR) is 104 cm³/mol. The van der Waals surface area contributed by atoms with Crippen LogP contribution in [0, 0.1) is 0 Å². The molecule has 0 spiro atoms. The Balaban J connectivity index is 3.22. The number of hydrogen-bond acceptors (Lipinski definition) is 3. The minimum Gasteiger partial charge on any atom is -0.314 e. The molecule has 0 fully saturated rings. The fourth-order valence-electron chi connectivity index (χ4n) is 2.97. The first-order chi connectivity index (χ1) is 11.5. The molecule has 24 heavy (non-hydrogen) atoms. The lowest BCUT2D eigenvalue weighted by Crippen LogP contribution is -2.27. The summed E-state index contributed by atoms with van der Waals surface area (Å²) in [6.07, 6.45) is 17.6. The standard InChI is InChI=1S/C19H41NO3S/c1-3-4-5-6-7-8-9-10-11-12-13-16-19(2)20-17-14-15-18-24(21,22)23/h19-20H,3-18H2,1-2H3,(H,21,22,23). The van der Waals surface area contributed by atoms with Crippen LogP contribution in [0.15, 0.2) is 0 Å². The van der Waals surface area contributed by atoms with Crippen molar-refractivity contribution in [2.24, 2.45) is 0 Å². The van der Waals surface area contributed by atoms with E-state index in [0.29, 0.717) is 12.5 Å². The molecule has 0 aromatic rings. The Morgan fingerprint density at radius 1 is 0.792 bits per heavy atom. The second kappa shape index (κ2) is 16.3. The SMILES string of the molecule is CCCCCCCCCCCCCC(C)NCCCCS(=O)(=O)O. The molecule has 5 heteroatoms. The molecule has 0 saturated carbocycles. The van der Waals surface area contributed by atoms with Gasteiger partial charge in [-0.2, -0.15) is 8.42 Å². The molecule has 0 rings (SSSR count). The Morgan fingerprint density at radius 2 is 1.29 bits per heavy atom.